The fourth-order valence-corrected chi connectivity index (χ4v) is 3.50. The fourth-order valence-electron chi connectivity index (χ4n) is 3.50. The highest BCUT2D eigenvalue weighted by Gasteiger charge is 2.30. The maximum Gasteiger partial charge on any atom is 0.227 e. The molecule has 4 rings (SSSR count). The minimum absolute atomic E-state index is 0.198. The van der Waals surface area contributed by atoms with Crippen LogP contribution in [-0.2, 0) is 18.3 Å². The first-order valence-corrected chi connectivity index (χ1v) is 8.30. The molecule has 1 fully saturated rings. The summed E-state index contributed by atoms with van der Waals surface area (Å²) in [6.07, 6.45) is 5.05. The number of hydrogen-bond donors (Lipinski definition) is 0. The summed E-state index contributed by atoms with van der Waals surface area (Å²) >= 11 is 0. The van der Waals surface area contributed by atoms with Crippen molar-refractivity contribution in [3.8, 4) is 0 Å². The highest BCUT2D eigenvalue weighted by molar-refractivity contribution is 5.79. The van der Waals surface area contributed by atoms with E-state index in [1.54, 1.807) is 6.20 Å². The largest absolute Gasteiger partial charge is 0.342 e. The number of aryl methyl sites for hydroxylation is 1. The number of carbonyl (C=O) groups is 1. The number of pyridine rings is 1. The second kappa shape index (κ2) is 6.07. The molecule has 1 amide bonds. The van der Waals surface area contributed by atoms with Gasteiger partial charge in [-0.3, -0.25) is 9.78 Å². The zero-order valence-corrected chi connectivity index (χ0v) is 13.7. The van der Waals surface area contributed by atoms with Crippen LogP contribution in [0.25, 0.3) is 11.0 Å². The lowest BCUT2D eigenvalue weighted by Crippen LogP contribution is -2.30. The number of hydrogen-bond acceptors (Lipinski definition) is 3. The first kappa shape index (κ1) is 14.9. The Kier molecular flexibility index (Phi) is 3.76. The van der Waals surface area contributed by atoms with Gasteiger partial charge in [-0.2, -0.15) is 0 Å². The lowest BCUT2D eigenvalue weighted by atomic mass is 10.1. The van der Waals surface area contributed by atoms with Crippen LogP contribution in [0, 0.1) is 0 Å². The van der Waals surface area contributed by atoms with E-state index in [1.807, 2.05) is 54.5 Å². The third kappa shape index (κ3) is 2.66. The predicted molar refractivity (Wildman–Crippen MR) is 92.6 cm³/mol. The number of amides is 1. The second-order valence-corrected chi connectivity index (χ2v) is 6.38. The number of fused-ring (bicyclic) bond motifs is 1. The molecule has 0 bridgehead atoms. The van der Waals surface area contributed by atoms with Gasteiger partial charge in [0.2, 0.25) is 5.91 Å². The molecule has 1 unspecified atom stereocenters. The highest BCUT2D eigenvalue weighted by atomic mass is 16.2. The third-order valence-corrected chi connectivity index (χ3v) is 4.82. The minimum atomic E-state index is 0.198. The average molecular weight is 320 g/mol. The van der Waals surface area contributed by atoms with Crippen LogP contribution in [0.1, 0.15) is 23.7 Å². The zero-order valence-electron chi connectivity index (χ0n) is 13.7. The van der Waals surface area contributed by atoms with Crippen LogP contribution in [0.2, 0.25) is 0 Å². The van der Waals surface area contributed by atoms with Crippen molar-refractivity contribution < 1.29 is 4.79 Å². The smallest absolute Gasteiger partial charge is 0.227 e. The quantitative estimate of drug-likeness (QED) is 0.745. The summed E-state index contributed by atoms with van der Waals surface area (Å²) < 4.78 is 2.11. The van der Waals surface area contributed by atoms with Crippen LogP contribution in [0.4, 0.5) is 0 Å². The molecular formula is C19H20N4O. The standard InChI is InChI=1S/C19H20N4O/c1-22-17-12-20-9-7-16(17)21-19(22)15-8-10-23(13-15)18(24)11-14-5-3-2-4-6-14/h2-7,9,12,15H,8,10-11,13H2,1H3. The summed E-state index contributed by atoms with van der Waals surface area (Å²) in [6, 6.07) is 11.9. The molecule has 122 valence electrons. The van der Waals surface area contributed by atoms with Crippen LogP contribution in [-0.4, -0.2) is 38.4 Å². The molecule has 24 heavy (non-hydrogen) atoms. The number of rotatable bonds is 3. The van der Waals surface area contributed by atoms with Crippen molar-refractivity contribution in [2.45, 2.75) is 18.8 Å². The van der Waals surface area contributed by atoms with Gasteiger partial charge in [-0.05, 0) is 18.1 Å². The molecule has 2 aromatic heterocycles. The van der Waals surface area contributed by atoms with Crippen molar-refractivity contribution in [3.63, 3.8) is 0 Å². The molecule has 1 atom stereocenters. The Morgan fingerprint density at radius 3 is 2.88 bits per heavy atom. The summed E-state index contributed by atoms with van der Waals surface area (Å²) in [5, 5.41) is 0. The fraction of sp³-hybridized carbons (Fsp3) is 0.316. The van der Waals surface area contributed by atoms with Gasteiger partial charge in [-0.15, -0.1) is 0 Å². The Morgan fingerprint density at radius 1 is 1.25 bits per heavy atom. The van der Waals surface area contributed by atoms with Crippen molar-refractivity contribution >= 4 is 16.9 Å². The third-order valence-electron chi connectivity index (χ3n) is 4.82. The van der Waals surface area contributed by atoms with Crippen molar-refractivity contribution in [3.05, 3.63) is 60.2 Å². The first-order valence-electron chi connectivity index (χ1n) is 8.30. The van der Waals surface area contributed by atoms with Crippen LogP contribution in [0.5, 0.6) is 0 Å². The number of imidazole rings is 1. The normalized spacial score (nSPS) is 17.5. The zero-order chi connectivity index (χ0) is 16.5. The van der Waals surface area contributed by atoms with E-state index in [2.05, 4.69) is 9.55 Å². The van der Waals surface area contributed by atoms with Gasteiger partial charge in [0.15, 0.2) is 0 Å². The summed E-state index contributed by atoms with van der Waals surface area (Å²) in [5.74, 6) is 1.54. The van der Waals surface area contributed by atoms with Crippen LogP contribution in [0.15, 0.2) is 48.8 Å². The molecule has 5 nitrogen and oxygen atoms in total. The molecule has 5 heteroatoms. The van der Waals surface area contributed by atoms with Gasteiger partial charge < -0.3 is 9.47 Å². The van der Waals surface area contributed by atoms with Crippen molar-refractivity contribution in [2.75, 3.05) is 13.1 Å². The average Bonchev–Trinajstić information content (AvgIpc) is 3.21. The molecule has 0 spiro atoms. The summed E-state index contributed by atoms with van der Waals surface area (Å²) in [4.78, 5) is 23.4. The molecule has 0 aliphatic carbocycles. The van der Waals surface area contributed by atoms with Crippen LogP contribution in [0.3, 0.4) is 0 Å². The summed E-state index contributed by atoms with van der Waals surface area (Å²) in [6.45, 7) is 1.55. The molecule has 1 aliphatic rings. The monoisotopic (exact) mass is 320 g/mol. The molecule has 3 aromatic rings. The summed E-state index contributed by atoms with van der Waals surface area (Å²) in [7, 11) is 2.03. The molecule has 1 aliphatic heterocycles. The Balaban J connectivity index is 1.49. The Labute approximate surface area is 140 Å². The number of carbonyl (C=O) groups excluding carboxylic acids is 1. The molecule has 1 aromatic carbocycles. The number of likely N-dealkylation sites (tertiary alicyclic amines) is 1. The Morgan fingerprint density at radius 2 is 2.08 bits per heavy atom. The lowest BCUT2D eigenvalue weighted by Gasteiger charge is -2.16. The van der Waals surface area contributed by atoms with Gasteiger partial charge in [-0.1, -0.05) is 30.3 Å². The molecule has 0 saturated carbocycles. The highest BCUT2D eigenvalue weighted by Crippen LogP contribution is 2.28. The molecular weight excluding hydrogens is 300 g/mol. The lowest BCUT2D eigenvalue weighted by molar-refractivity contribution is -0.129. The van der Waals surface area contributed by atoms with E-state index >= 15 is 0 Å². The SMILES string of the molecule is Cn1c(C2CCN(C(=O)Cc3ccccc3)C2)nc2ccncc21. The predicted octanol–water partition coefficient (Wildman–Crippen LogP) is 2.53. The van der Waals surface area contributed by atoms with E-state index in [-0.39, 0.29) is 5.91 Å². The topological polar surface area (TPSA) is 51.0 Å². The minimum Gasteiger partial charge on any atom is -0.342 e. The second-order valence-electron chi connectivity index (χ2n) is 6.38. The van der Waals surface area contributed by atoms with Crippen molar-refractivity contribution in [1.29, 1.82) is 0 Å². The molecule has 0 N–H and O–H groups in total. The van der Waals surface area contributed by atoms with Gasteiger partial charge in [0.25, 0.3) is 0 Å². The number of nitrogens with zero attached hydrogens (tertiary/aromatic N) is 4. The van der Waals surface area contributed by atoms with E-state index < -0.39 is 0 Å². The summed E-state index contributed by atoms with van der Waals surface area (Å²) in [5.41, 5.74) is 3.08. The Hall–Kier alpha value is -2.69. The van der Waals surface area contributed by atoms with Crippen molar-refractivity contribution in [2.24, 2.45) is 7.05 Å². The van der Waals surface area contributed by atoms with Crippen molar-refractivity contribution in [1.82, 2.24) is 19.4 Å². The van der Waals surface area contributed by atoms with E-state index in [1.165, 1.54) is 0 Å². The maximum atomic E-state index is 12.5. The van der Waals surface area contributed by atoms with Crippen LogP contribution < -0.4 is 0 Å². The van der Waals surface area contributed by atoms with Gasteiger partial charge in [0.1, 0.15) is 5.82 Å². The molecule has 3 heterocycles. The van der Waals surface area contributed by atoms with E-state index in [0.717, 1.165) is 41.9 Å². The van der Waals surface area contributed by atoms with E-state index in [0.29, 0.717) is 12.3 Å². The number of benzene rings is 1. The first-order chi connectivity index (χ1) is 11.7. The maximum absolute atomic E-state index is 12.5. The Bertz CT molecular complexity index is 871. The van der Waals surface area contributed by atoms with E-state index in [4.69, 9.17) is 4.98 Å². The van der Waals surface area contributed by atoms with Gasteiger partial charge in [-0.25, -0.2) is 4.98 Å². The molecule has 1 saturated heterocycles. The number of aromatic nitrogens is 3. The van der Waals surface area contributed by atoms with E-state index in [9.17, 15) is 4.79 Å². The van der Waals surface area contributed by atoms with Crippen LogP contribution >= 0.6 is 0 Å². The molecule has 0 radical (unpaired) electrons. The van der Waals surface area contributed by atoms with Gasteiger partial charge in [0.05, 0.1) is 23.7 Å². The van der Waals surface area contributed by atoms with Gasteiger partial charge >= 0.3 is 0 Å². The van der Waals surface area contributed by atoms with Gasteiger partial charge in [0, 0.05) is 32.3 Å².